The van der Waals surface area contributed by atoms with Crippen LogP contribution in [0.2, 0.25) is 5.02 Å². The first-order valence-corrected chi connectivity index (χ1v) is 14.4. The van der Waals surface area contributed by atoms with Crippen LogP contribution in [0.4, 0.5) is 10.1 Å². The highest BCUT2D eigenvalue weighted by molar-refractivity contribution is 7.92. The first-order valence-electron chi connectivity index (χ1n) is 12.6. The summed E-state index contributed by atoms with van der Waals surface area (Å²) in [6, 6.07) is 17.1. The van der Waals surface area contributed by atoms with Crippen LogP contribution in [0, 0.1) is 12.7 Å². The largest absolute Gasteiger partial charge is 0.352 e. The minimum atomic E-state index is -4.19. The Labute approximate surface area is 234 Å². The molecule has 0 fully saturated rings. The van der Waals surface area contributed by atoms with E-state index in [1.807, 2.05) is 13.8 Å². The molecule has 10 heteroatoms. The van der Waals surface area contributed by atoms with Gasteiger partial charge < -0.3 is 10.2 Å². The summed E-state index contributed by atoms with van der Waals surface area (Å²) in [5.74, 6) is -1.39. The van der Waals surface area contributed by atoms with Gasteiger partial charge in [0, 0.05) is 17.6 Å². The summed E-state index contributed by atoms with van der Waals surface area (Å²) < 4.78 is 42.2. The number of para-hydroxylation sites is 1. The van der Waals surface area contributed by atoms with Crippen molar-refractivity contribution in [3.63, 3.8) is 0 Å². The van der Waals surface area contributed by atoms with E-state index in [4.69, 9.17) is 11.6 Å². The van der Waals surface area contributed by atoms with Crippen molar-refractivity contribution < 1.29 is 22.4 Å². The number of aryl methyl sites for hydroxylation is 1. The molecule has 0 bridgehead atoms. The summed E-state index contributed by atoms with van der Waals surface area (Å²) in [5, 5.41) is 3.25. The quantitative estimate of drug-likeness (QED) is 0.337. The van der Waals surface area contributed by atoms with Crippen molar-refractivity contribution in [2.24, 2.45) is 0 Å². The highest BCUT2D eigenvalue weighted by Crippen LogP contribution is 2.28. The van der Waals surface area contributed by atoms with Crippen LogP contribution in [-0.2, 0) is 26.2 Å². The number of hydrogen-bond donors (Lipinski definition) is 1. The van der Waals surface area contributed by atoms with Gasteiger partial charge in [0.2, 0.25) is 11.8 Å². The second-order valence-corrected chi connectivity index (χ2v) is 11.7. The van der Waals surface area contributed by atoms with Gasteiger partial charge in [-0.1, -0.05) is 48.9 Å². The third-order valence-corrected chi connectivity index (χ3v) is 8.53. The van der Waals surface area contributed by atoms with E-state index in [0.717, 1.165) is 4.31 Å². The van der Waals surface area contributed by atoms with E-state index in [1.165, 1.54) is 53.4 Å². The average Bonchev–Trinajstić information content (AvgIpc) is 2.91. The number of halogens is 2. The van der Waals surface area contributed by atoms with Gasteiger partial charge >= 0.3 is 0 Å². The molecule has 2 atom stereocenters. The van der Waals surface area contributed by atoms with Gasteiger partial charge in [-0.05, 0) is 80.8 Å². The lowest BCUT2D eigenvalue weighted by atomic mass is 10.1. The molecule has 0 saturated heterocycles. The normalized spacial score (nSPS) is 12.9. The summed E-state index contributed by atoms with van der Waals surface area (Å²) in [6.45, 7) is 6.55. The Bertz CT molecular complexity index is 1400. The Balaban J connectivity index is 2.03. The smallest absolute Gasteiger partial charge is 0.264 e. The van der Waals surface area contributed by atoms with Crippen LogP contribution in [0.5, 0.6) is 0 Å². The minimum absolute atomic E-state index is 0.0171. The average molecular weight is 574 g/mol. The third kappa shape index (κ3) is 7.58. The van der Waals surface area contributed by atoms with Crippen molar-refractivity contribution in [1.82, 2.24) is 10.2 Å². The number of rotatable bonds is 11. The minimum Gasteiger partial charge on any atom is -0.352 e. The van der Waals surface area contributed by atoms with Crippen LogP contribution in [0.3, 0.4) is 0 Å². The maximum absolute atomic E-state index is 13.9. The van der Waals surface area contributed by atoms with Crippen molar-refractivity contribution in [1.29, 1.82) is 0 Å². The number of nitrogens with one attached hydrogen (secondary N) is 1. The van der Waals surface area contributed by atoms with E-state index in [2.05, 4.69) is 5.32 Å². The summed E-state index contributed by atoms with van der Waals surface area (Å²) >= 11 is 5.98. The Morgan fingerprint density at radius 1 is 0.974 bits per heavy atom. The number of nitrogens with zero attached hydrogens (tertiary/aromatic N) is 2. The zero-order chi connectivity index (χ0) is 28.7. The monoisotopic (exact) mass is 573 g/mol. The summed E-state index contributed by atoms with van der Waals surface area (Å²) in [4.78, 5) is 28.2. The molecule has 2 amide bonds. The number of anilines is 1. The molecule has 0 aliphatic heterocycles. The Hall–Kier alpha value is -3.43. The molecular formula is C29H33ClFN3O4S. The fourth-order valence-electron chi connectivity index (χ4n) is 3.93. The maximum Gasteiger partial charge on any atom is 0.264 e. The lowest BCUT2D eigenvalue weighted by Gasteiger charge is -2.33. The molecule has 7 nitrogen and oxygen atoms in total. The van der Waals surface area contributed by atoms with Crippen LogP contribution in [0.1, 0.15) is 38.3 Å². The fraction of sp³-hybridized carbons (Fsp3) is 0.310. The zero-order valence-corrected chi connectivity index (χ0v) is 24.0. The predicted octanol–water partition coefficient (Wildman–Crippen LogP) is 5.31. The van der Waals surface area contributed by atoms with Crippen molar-refractivity contribution in [2.75, 3.05) is 10.8 Å². The van der Waals surface area contributed by atoms with Crippen LogP contribution in [-0.4, -0.2) is 43.8 Å². The standard InChI is InChI=1S/C29H33ClFN3O4S/c1-5-21(3)32-29(36)22(4)33(18-23-10-14-25(31)15-11-23)28(35)19-34(27-9-7-6-8-20(27)2)39(37,38)26-16-12-24(30)13-17-26/h6-17,21-22H,5,18-19H2,1-4H3,(H,32,36)/t21-,22-/m0/s1. The number of sulfonamides is 1. The van der Waals surface area contributed by atoms with Gasteiger partial charge in [-0.25, -0.2) is 12.8 Å². The molecule has 39 heavy (non-hydrogen) atoms. The van der Waals surface area contributed by atoms with Gasteiger partial charge in [0.15, 0.2) is 0 Å². The van der Waals surface area contributed by atoms with E-state index in [0.29, 0.717) is 28.3 Å². The Kier molecular flexibility index (Phi) is 10.1. The van der Waals surface area contributed by atoms with E-state index in [1.54, 1.807) is 38.1 Å². The molecule has 0 unspecified atom stereocenters. The van der Waals surface area contributed by atoms with E-state index in [-0.39, 0.29) is 23.4 Å². The molecule has 0 aliphatic rings. The summed E-state index contributed by atoms with van der Waals surface area (Å²) in [6.07, 6.45) is 0.699. The van der Waals surface area contributed by atoms with E-state index >= 15 is 0 Å². The SMILES string of the molecule is CC[C@H](C)NC(=O)[C@H](C)N(Cc1ccc(F)cc1)C(=O)CN(c1ccccc1C)S(=O)(=O)c1ccc(Cl)cc1. The molecule has 3 aromatic rings. The molecule has 3 aromatic carbocycles. The topological polar surface area (TPSA) is 86.8 Å². The van der Waals surface area contributed by atoms with E-state index in [9.17, 15) is 22.4 Å². The number of amides is 2. The molecule has 0 heterocycles. The van der Waals surface area contributed by atoms with Crippen molar-refractivity contribution >= 4 is 39.1 Å². The molecule has 208 valence electrons. The first kappa shape index (κ1) is 30.1. The molecule has 0 aliphatic carbocycles. The maximum atomic E-state index is 13.9. The zero-order valence-electron chi connectivity index (χ0n) is 22.4. The lowest BCUT2D eigenvalue weighted by Crippen LogP contribution is -2.52. The van der Waals surface area contributed by atoms with Crippen LogP contribution >= 0.6 is 11.6 Å². The number of benzene rings is 3. The van der Waals surface area contributed by atoms with Gasteiger partial charge in [-0.2, -0.15) is 0 Å². The Morgan fingerprint density at radius 2 is 1.59 bits per heavy atom. The highest BCUT2D eigenvalue weighted by Gasteiger charge is 2.33. The molecule has 1 N–H and O–H groups in total. The molecule has 0 radical (unpaired) electrons. The Morgan fingerprint density at radius 3 is 2.18 bits per heavy atom. The van der Waals surface area contributed by atoms with Crippen molar-refractivity contribution in [2.45, 2.75) is 57.6 Å². The lowest BCUT2D eigenvalue weighted by molar-refractivity contribution is -0.139. The van der Waals surface area contributed by atoms with Gasteiger partial charge in [0.05, 0.1) is 10.6 Å². The highest BCUT2D eigenvalue weighted by atomic mass is 35.5. The third-order valence-electron chi connectivity index (χ3n) is 6.50. The predicted molar refractivity (Wildman–Crippen MR) is 151 cm³/mol. The number of carbonyl (C=O) groups is 2. The van der Waals surface area contributed by atoms with Crippen molar-refractivity contribution in [3.8, 4) is 0 Å². The second kappa shape index (κ2) is 13.1. The van der Waals surface area contributed by atoms with Gasteiger partial charge in [0.25, 0.3) is 10.0 Å². The molecule has 0 saturated carbocycles. The van der Waals surface area contributed by atoms with Crippen LogP contribution in [0.25, 0.3) is 0 Å². The summed E-state index contributed by atoms with van der Waals surface area (Å²) in [5.41, 5.74) is 1.57. The molecule has 0 aromatic heterocycles. The fourth-order valence-corrected chi connectivity index (χ4v) is 5.53. The van der Waals surface area contributed by atoms with Gasteiger partial charge in [-0.15, -0.1) is 0 Å². The second-order valence-electron chi connectivity index (χ2n) is 9.39. The van der Waals surface area contributed by atoms with Gasteiger partial charge in [-0.3, -0.25) is 13.9 Å². The van der Waals surface area contributed by atoms with Crippen molar-refractivity contribution in [3.05, 3.63) is 94.8 Å². The molecular weight excluding hydrogens is 541 g/mol. The summed E-state index contributed by atoms with van der Waals surface area (Å²) in [7, 11) is -4.19. The molecule has 3 rings (SSSR count). The number of hydrogen-bond acceptors (Lipinski definition) is 4. The van der Waals surface area contributed by atoms with Crippen LogP contribution in [0.15, 0.2) is 77.7 Å². The number of carbonyl (C=O) groups excluding carboxylic acids is 2. The van der Waals surface area contributed by atoms with E-state index < -0.39 is 34.3 Å². The van der Waals surface area contributed by atoms with Crippen LogP contribution < -0.4 is 9.62 Å². The molecule has 0 spiro atoms. The first-order chi connectivity index (χ1) is 18.4. The van der Waals surface area contributed by atoms with Gasteiger partial charge in [0.1, 0.15) is 18.4 Å².